The first-order valence-electron chi connectivity index (χ1n) is 13.8. The van der Waals surface area contributed by atoms with E-state index in [1.807, 2.05) is 82.3 Å². The van der Waals surface area contributed by atoms with Crippen LogP contribution in [0.5, 0.6) is 0 Å². The number of amides is 2. The van der Waals surface area contributed by atoms with Crippen LogP contribution in [-0.2, 0) is 32.6 Å². The summed E-state index contributed by atoms with van der Waals surface area (Å²) in [4.78, 5) is 29.0. The van der Waals surface area contributed by atoms with Crippen LogP contribution >= 0.6 is 11.6 Å². The summed E-state index contributed by atoms with van der Waals surface area (Å²) in [5, 5.41) is 3.52. The molecule has 0 bridgehead atoms. The molecular weight excluding hydrogens is 558 g/mol. The highest BCUT2D eigenvalue weighted by Gasteiger charge is 2.31. The molecule has 7 nitrogen and oxygen atoms in total. The monoisotopic (exact) mass is 597 g/mol. The fraction of sp³-hybridized carbons (Fsp3) is 0.375. The van der Waals surface area contributed by atoms with E-state index < -0.39 is 16.1 Å². The number of aryl methyl sites for hydroxylation is 1. The summed E-state index contributed by atoms with van der Waals surface area (Å²) < 4.78 is 26.9. The van der Waals surface area contributed by atoms with Crippen molar-refractivity contribution in [3.63, 3.8) is 0 Å². The van der Waals surface area contributed by atoms with E-state index in [0.717, 1.165) is 22.3 Å². The van der Waals surface area contributed by atoms with E-state index in [4.69, 9.17) is 11.6 Å². The second-order valence-corrected chi connectivity index (χ2v) is 13.0. The Hall–Kier alpha value is -3.36. The highest BCUT2D eigenvalue weighted by atomic mass is 35.5. The molecule has 0 spiro atoms. The number of benzene rings is 3. The summed E-state index contributed by atoms with van der Waals surface area (Å²) in [5.41, 5.74) is 4.20. The van der Waals surface area contributed by atoms with Gasteiger partial charge < -0.3 is 10.2 Å². The van der Waals surface area contributed by atoms with Gasteiger partial charge in [0.05, 0.1) is 11.9 Å². The maximum absolute atomic E-state index is 13.9. The van der Waals surface area contributed by atoms with Gasteiger partial charge >= 0.3 is 0 Å². The van der Waals surface area contributed by atoms with Crippen molar-refractivity contribution in [3.8, 4) is 0 Å². The first kappa shape index (κ1) is 32.2. The van der Waals surface area contributed by atoms with Crippen molar-refractivity contribution in [3.05, 3.63) is 100 Å². The molecule has 1 N–H and O–H groups in total. The van der Waals surface area contributed by atoms with Gasteiger partial charge in [-0.25, -0.2) is 8.42 Å². The van der Waals surface area contributed by atoms with Crippen LogP contribution in [0.4, 0.5) is 5.69 Å². The van der Waals surface area contributed by atoms with Gasteiger partial charge in [-0.2, -0.15) is 0 Å². The molecule has 0 fully saturated rings. The quantitative estimate of drug-likeness (QED) is 0.275. The van der Waals surface area contributed by atoms with Crippen LogP contribution in [0.15, 0.2) is 72.8 Å². The van der Waals surface area contributed by atoms with Gasteiger partial charge in [-0.15, -0.1) is 0 Å². The van der Waals surface area contributed by atoms with Crippen molar-refractivity contribution in [2.45, 2.75) is 65.6 Å². The Morgan fingerprint density at radius 3 is 2.22 bits per heavy atom. The summed E-state index contributed by atoms with van der Waals surface area (Å²) in [6.07, 6.45) is 1.87. The van der Waals surface area contributed by atoms with Gasteiger partial charge in [-0.05, 0) is 74.6 Å². The number of hydrogen-bond acceptors (Lipinski definition) is 4. The maximum atomic E-state index is 13.9. The molecule has 3 aromatic rings. The Bertz CT molecular complexity index is 1440. The van der Waals surface area contributed by atoms with Crippen LogP contribution in [-0.4, -0.2) is 50.0 Å². The van der Waals surface area contributed by atoms with Crippen molar-refractivity contribution in [1.29, 1.82) is 0 Å². The number of nitrogens with zero attached hydrogens (tertiary/aromatic N) is 2. The highest BCUT2D eigenvalue weighted by molar-refractivity contribution is 7.92. The molecule has 220 valence electrons. The Morgan fingerprint density at radius 2 is 1.59 bits per heavy atom. The lowest BCUT2D eigenvalue weighted by molar-refractivity contribution is -0.141. The molecule has 1 atom stereocenters. The number of hydrogen-bond donors (Lipinski definition) is 1. The van der Waals surface area contributed by atoms with Crippen LogP contribution in [0.2, 0.25) is 5.02 Å². The number of nitrogens with one attached hydrogen (secondary N) is 1. The Morgan fingerprint density at radius 1 is 0.927 bits per heavy atom. The SMILES string of the molecule is Cc1cccc(N(CCCC(=O)N(Cc2cccc(Cl)c2)C(Cc2ccccc2)C(=O)NC(C)C)S(C)(=O)=O)c1C. The molecule has 1 unspecified atom stereocenters. The first-order valence-corrected chi connectivity index (χ1v) is 16.0. The Labute approximate surface area is 249 Å². The van der Waals surface area contributed by atoms with Gasteiger partial charge in [0.15, 0.2) is 0 Å². The highest BCUT2D eigenvalue weighted by Crippen LogP contribution is 2.26. The third-order valence-electron chi connectivity index (χ3n) is 6.94. The molecule has 0 saturated heterocycles. The molecule has 0 saturated carbocycles. The molecule has 41 heavy (non-hydrogen) atoms. The van der Waals surface area contributed by atoms with Gasteiger partial charge in [0, 0.05) is 37.0 Å². The Kier molecular flexibility index (Phi) is 11.4. The lowest BCUT2D eigenvalue weighted by Gasteiger charge is -2.32. The van der Waals surface area contributed by atoms with E-state index in [1.165, 1.54) is 10.6 Å². The number of carbonyl (C=O) groups is 2. The van der Waals surface area contributed by atoms with Gasteiger partial charge in [-0.1, -0.05) is 66.2 Å². The van der Waals surface area contributed by atoms with E-state index in [9.17, 15) is 18.0 Å². The molecule has 9 heteroatoms. The third-order valence-corrected chi connectivity index (χ3v) is 8.36. The molecule has 0 aliphatic carbocycles. The van der Waals surface area contributed by atoms with E-state index in [1.54, 1.807) is 23.1 Å². The van der Waals surface area contributed by atoms with E-state index in [0.29, 0.717) is 17.1 Å². The van der Waals surface area contributed by atoms with Crippen LogP contribution in [0.3, 0.4) is 0 Å². The zero-order chi connectivity index (χ0) is 30.2. The van der Waals surface area contributed by atoms with Gasteiger partial charge in [0.2, 0.25) is 21.8 Å². The van der Waals surface area contributed by atoms with Gasteiger partial charge in [-0.3, -0.25) is 13.9 Å². The average Bonchev–Trinajstić information content (AvgIpc) is 2.90. The minimum Gasteiger partial charge on any atom is -0.352 e. The minimum absolute atomic E-state index is 0.0672. The van der Waals surface area contributed by atoms with Gasteiger partial charge in [0.1, 0.15) is 6.04 Å². The molecule has 2 amide bonds. The normalized spacial score (nSPS) is 12.2. The second kappa shape index (κ2) is 14.5. The lowest BCUT2D eigenvalue weighted by Crippen LogP contribution is -2.51. The fourth-order valence-electron chi connectivity index (χ4n) is 4.75. The van der Waals surface area contributed by atoms with Crippen molar-refractivity contribution in [1.82, 2.24) is 10.2 Å². The van der Waals surface area contributed by atoms with Crippen LogP contribution in [0.1, 0.15) is 48.9 Å². The van der Waals surface area contributed by atoms with Crippen LogP contribution in [0.25, 0.3) is 0 Å². The third kappa shape index (κ3) is 9.33. The predicted molar refractivity (Wildman–Crippen MR) is 167 cm³/mol. The number of sulfonamides is 1. The first-order chi connectivity index (χ1) is 19.4. The number of rotatable bonds is 13. The topological polar surface area (TPSA) is 86.8 Å². The van der Waals surface area contributed by atoms with Crippen LogP contribution < -0.4 is 9.62 Å². The summed E-state index contributed by atoms with van der Waals surface area (Å²) in [6, 6.07) is 21.5. The lowest BCUT2D eigenvalue weighted by atomic mass is 10.0. The van der Waals surface area contributed by atoms with Crippen molar-refractivity contribution in [2.24, 2.45) is 0 Å². The van der Waals surface area contributed by atoms with E-state index in [2.05, 4.69) is 5.32 Å². The van der Waals surface area contributed by atoms with E-state index >= 15 is 0 Å². The standard InChI is InChI=1S/C32H40ClN3O4S/c1-23(2)34-32(38)30(21-26-13-7-6-8-14-26)35(22-27-15-10-16-28(33)20-27)31(37)18-11-19-36(41(5,39)40)29-17-9-12-24(3)25(29)4/h6-10,12-17,20,23,30H,11,18-19,21-22H2,1-5H3,(H,34,38). The summed E-state index contributed by atoms with van der Waals surface area (Å²) in [5.74, 6) is -0.480. The van der Waals surface area contributed by atoms with Crippen LogP contribution in [0, 0.1) is 13.8 Å². The molecule has 0 radical (unpaired) electrons. The molecular formula is C32H40ClN3O4S. The smallest absolute Gasteiger partial charge is 0.243 e. The average molecular weight is 598 g/mol. The summed E-state index contributed by atoms with van der Waals surface area (Å²) in [7, 11) is -3.58. The molecule has 0 aliphatic heterocycles. The van der Waals surface area contributed by atoms with Crippen molar-refractivity contribution >= 4 is 39.1 Å². The Balaban J connectivity index is 1.90. The zero-order valence-electron chi connectivity index (χ0n) is 24.4. The molecule has 3 aromatic carbocycles. The summed E-state index contributed by atoms with van der Waals surface area (Å²) >= 11 is 6.25. The molecule has 0 aliphatic rings. The molecule has 3 rings (SSSR count). The molecule has 0 aromatic heterocycles. The number of anilines is 1. The number of carbonyl (C=O) groups excluding carboxylic acids is 2. The fourth-order valence-corrected chi connectivity index (χ4v) is 5.98. The maximum Gasteiger partial charge on any atom is 0.243 e. The van der Waals surface area contributed by atoms with Crippen molar-refractivity contribution in [2.75, 3.05) is 17.1 Å². The predicted octanol–water partition coefficient (Wildman–Crippen LogP) is 5.67. The minimum atomic E-state index is -3.58. The second-order valence-electron chi connectivity index (χ2n) is 10.7. The summed E-state index contributed by atoms with van der Waals surface area (Å²) in [6.45, 7) is 7.92. The molecule has 0 heterocycles. The van der Waals surface area contributed by atoms with Crippen molar-refractivity contribution < 1.29 is 18.0 Å². The van der Waals surface area contributed by atoms with E-state index in [-0.39, 0.29) is 43.8 Å². The largest absolute Gasteiger partial charge is 0.352 e. The zero-order valence-corrected chi connectivity index (χ0v) is 26.0. The number of halogens is 1. The van der Waals surface area contributed by atoms with Gasteiger partial charge in [0.25, 0.3) is 0 Å².